The van der Waals surface area contributed by atoms with E-state index >= 15 is 0 Å². The van der Waals surface area contributed by atoms with Crippen LogP contribution in [0.2, 0.25) is 0 Å². The molecule has 2 aromatic carbocycles. The monoisotopic (exact) mass is 344 g/mol. The second-order valence-electron chi connectivity index (χ2n) is 5.08. The number of nitrogens with one attached hydrogen (secondary N) is 4. The molecule has 0 aliphatic heterocycles. The molecule has 6 nitrogen and oxygen atoms in total. The Morgan fingerprint density at radius 3 is 2.54 bits per heavy atom. The minimum atomic E-state index is -0.231. The Labute approximate surface area is 146 Å². The molecule has 7 heteroatoms. The van der Waals surface area contributed by atoms with Crippen LogP contribution in [-0.4, -0.2) is 24.7 Å². The standard InChI is InChI=1S/C17H20N4O2S/c1-12-6-8-13(9-7-12)18-11-16(22)20-21-17(24)19-14-4-3-5-15(10-14)23-2/h3-10,18H,11H2,1-2H3,(H,20,22)(H2,19,21,24). The Hall–Kier alpha value is -2.80. The molecule has 0 spiro atoms. The number of hydrogen-bond acceptors (Lipinski definition) is 4. The number of hydrogen-bond donors (Lipinski definition) is 4. The van der Waals surface area contributed by atoms with Gasteiger partial charge >= 0.3 is 0 Å². The Morgan fingerprint density at radius 1 is 1.08 bits per heavy atom. The van der Waals surface area contributed by atoms with E-state index in [0.29, 0.717) is 5.75 Å². The van der Waals surface area contributed by atoms with E-state index in [1.54, 1.807) is 13.2 Å². The average molecular weight is 344 g/mol. The van der Waals surface area contributed by atoms with E-state index in [9.17, 15) is 4.79 Å². The highest BCUT2D eigenvalue weighted by Crippen LogP contribution is 2.16. The largest absolute Gasteiger partial charge is 0.497 e. The minimum Gasteiger partial charge on any atom is -0.497 e. The third-order valence-corrected chi connectivity index (χ3v) is 3.35. The van der Waals surface area contributed by atoms with E-state index in [2.05, 4.69) is 21.5 Å². The summed E-state index contributed by atoms with van der Waals surface area (Å²) in [7, 11) is 1.59. The molecule has 0 saturated heterocycles. The second-order valence-corrected chi connectivity index (χ2v) is 5.49. The molecule has 0 radical (unpaired) electrons. The van der Waals surface area contributed by atoms with Crippen LogP contribution < -0.4 is 26.2 Å². The first-order valence-corrected chi connectivity index (χ1v) is 7.78. The van der Waals surface area contributed by atoms with Crippen LogP contribution >= 0.6 is 12.2 Å². The number of rotatable bonds is 5. The molecule has 2 aromatic rings. The zero-order valence-corrected chi connectivity index (χ0v) is 14.4. The number of anilines is 2. The molecule has 0 aliphatic rings. The quantitative estimate of drug-likeness (QED) is 0.493. The predicted octanol–water partition coefficient (Wildman–Crippen LogP) is 2.43. The van der Waals surface area contributed by atoms with E-state index in [-0.39, 0.29) is 17.6 Å². The van der Waals surface area contributed by atoms with Crippen molar-refractivity contribution >= 4 is 34.6 Å². The zero-order chi connectivity index (χ0) is 17.4. The fraction of sp³-hybridized carbons (Fsp3) is 0.176. The molecule has 0 bridgehead atoms. The van der Waals surface area contributed by atoms with Crippen molar-refractivity contribution in [1.82, 2.24) is 10.9 Å². The van der Waals surface area contributed by atoms with Crippen LogP contribution in [0, 0.1) is 6.92 Å². The van der Waals surface area contributed by atoms with E-state index in [1.165, 1.54) is 5.56 Å². The van der Waals surface area contributed by atoms with E-state index in [4.69, 9.17) is 17.0 Å². The topological polar surface area (TPSA) is 74.4 Å². The lowest BCUT2D eigenvalue weighted by Crippen LogP contribution is -2.45. The number of aryl methyl sites for hydroxylation is 1. The van der Waals surface area contributed by atoms with Gasteiger partial charge in [0, 0.05) is 17.4 Å². The lowest BCUT2D eigenvalue weighted by molar-refractivity contribution is -0.119. The summed E-state index contributed by atoms with van der Waals surface area (Å²) >= 11 is 5.13. The molecule has 4 N–H and O–H groups in total. The lowest BCUT2D eigenvalue weighted by Gasteiger charge is -2.13. The van der Waals surface area contributed by atoms with Crippen molar-refractivity contribution in [3.8, 4) is 5.75 Å². The first-order valence-electron chi connectivity index (χ1n) is 7.37. The molecule has 0 aromatic heterocycles. The number of methoxy groups -OCH3 is 1. The molecule has 0 atom stereocenters. The minimum absolute atomic E-state index is 0.137. The highest BCUT2D eigenvalue weighted by atomic mass is 32.1. The summed E-state index contributed by atoms with van der Waals surface area (Å²) < 4.78 is 5.13. The SMILES string of the molecule is COc1cccc(NC(=S)NNC(=O)CNc2ccc(C)cc2)c1. The van der Waals surface area contributed by atoms with Crippen LogP contribution in [0.25, 0.3) is 0 Å². The molecular weight excluding hydrogens is 324 g/mol. The predicted molar refractivity (Wildman–Crippen MR) is 100 cm³/mol. The average Bonchev–Trinajstić information content (AvgIpc) is 2.59. The van der Waals surface area contributed by atoms with Crippen LogP contribution in [0.1, 0.15) is 5.56 Å². The van der Waals surface area contributed by atoms with Gasteiger partial charge in [-0.2, -0.15) is 0 Å². The summed E-state index contributed by atoms with van der Waals surface area (Å²) in [6.07, 6.45) is 0. The maximum Gasteiger partial charge on any atom is 0.257 e. The van der Waals surface area contributed by atoms with Gasteiger partial charge in [-0.1, -0.05) is 23.8 Å². The molecule has 0 saturated carbocycles. The van der Waals surface area contributed by atoms with Gasteiger partial charge in [-0.05, 0) is 43.4 Å². The van der Waals surface area contributed by atoms with Gasteiger partial charge in [0.1, 0.15) is 5.75 Å². The molecule has 0 fully saturated rings. The Balaban J connectivity index is 1.72. The molecule has 0 aliphatic carbocycles. The fourth-order valence-electron chi connectivity index (χ4n) is 1.89. The van der Waals surface area contributed by atoms with E-state index in [0.717, 1.165) is 11.4 Å². The van der Waals surface area contributed by atoms with Gasteiger partial charge in [0.15, 0.2) is 5.11 Å². The molecule has 0 heterocycles. The van der Waals surface area contributed by atoms with Gasteiger partial charge in [0.25, 0.3) is 5.91 Å². The summed E-state index contributed by atoms with van der Waals surface area (Å²) in [6.45, 7) is 2.15. The highest BCUT2D eigenvalue weighted by molar-refractivity contribution is 7.80. The van der Waals surface area contributed by atoms with Gasteiger partial charge in [-0.15, -0.1) is 0 Å². The van der Waals surface area contributed by atoms with Crippen molar-refractivity contribution < 1.29 is 9.53 Å². The number of hydrazine groups is 1. The third kappa shape index (κ3) is 5.77. The molecule has 126 valence electrons. The Bertz CT molecular complexity index is 704. The van der Waals surface area contributed by atoms with E-state index < -0.39 is 0 Å². The highest BCUT2D eigenvalue weighted by Gasteiger charge is 2.03. The van der Waals surface area contributed by atoms with Crippen molar-refractivity contribution in [2.45, 2.75) is 6.92 Å². The van der Waals surface area contributed by atoms with Crippen molar-refractivity contribution in [3.63, 3.8) is 0 Å². The molecule has 2 rings (SSSR count). The molecule has 0 unspecified atom stereocenters. The molecular formula is C17H20N4O2S. The molecule has 1 amide bonds. The van der Waals surface area contributed by atoms with Crippen LogP contribution in [0.4, 0.5) is 11.4 Å². The normalized spacial score (nSPS) is 9.75. The van der Waals surface area contributed by atoms with Gasteiger partial charge in [-0.3, -0.25) is 15.6 Å². The van der Waals surface area contributed by atoms with Crippen molar-refractivity contribution in [2.24, 2.45) is 0 Å². The number of benzene rings is 2. The third-order valence-electron chi connectivity index (χ3n) is 3.15. The summed E-state index contributed by atoms with van der Waals surface area (Å²) in [5.74, 6) is 0.486. The first-order chi connectivity index (χ1) is 11.6. The van der Waals surface area contributed by atoms with Gasteiger partial charge in [0.2, 0.25) is 0 Å². The number of ether oxygens (including phenoxy) is 1. The summed E-state index contributed by atoms with van der Waals surface area (Å²) in [5.41, 5.74) is 7.99. The number of carbonyl (C=O) groups excluding carboxylic acids is 1. The zero-order valence-electron chi connectivity index (χ0n) is 13.6. The van der Waals surface area contributed by atoms with Crippen LogP contribution in [-0.2, 0) is 4.79 Å². The maximum absolute atomic E-state index is 11.8. The second kappa shape index (κ2) is 8.73. The van der Waals surface area contributed by atoms with E-state index in [1.807, 2.05) is 49.4 Å². The maximum atomic E-state index is 11.8. The molecule has 24 heavy (non-hydrogen) atoms. The van der Waals surface area contributed by atoms with Crippen molar-refractivity contribution in [3.05, 3.63) is 54.1 Å². The summed E-state index contributed by atoms with van der Waals surface area (Å²) in [5, 5.41) is 6.27. The summed E-state index contributed by atoms with van der Waals surface area (Å²) in [4.78, 5) is 11.8. The number of carbonyl (C=O) groups is 1. The van der Waals surface area contributed by atoms with Crippen molar-refractivity contribution in [1.29, 1.82) is 0 Å². The Morgan fingerprint density at radius 2 is 1.83 bits per heavy atom. The van der Waals surface area contributed by atoms with Gasteiger partial charge in [0.05, 0.1) is 13.7 Å². The van der Waals surface area contributed by atoms with Crippen LogP contribution in [0.5, 0.6) is 5.75 Å². The van der Waals surface area contributed by atoms with Crippen molar-refractivity contribution in [2.75, 3.05) is 24.3 Å². The lowest BCUT2D eigenvalue weighted by atomic mass is 10.2. The van der Waals surface area contributed by atoms with Crippen LogP contribution in [0.15, 0.2) is 48.5 Å². The van der Waals surface area contributed by atoms with Gasteiger partial charge in [-0.25, -0.2) is 0 Å². The summed E-state index contributed by atoms with van der Waals surface area (Å²) in [6, 6.07) is 15.1. The number of thiocarbonyl (C=S) groups is 1. The smallest absolute Gasteiger partial charge is 0.257 e. The first kappa shape index (κ1) is 17.6. The van der Waals surface area contributed by atoms with Crippen LogP contribution in [0.3, 0.4) is 0 Å². The Kier molecular flexibility index (Phi) is 6.39. The fourth-order valence-corrected chi connectivity index (χ4v) is 2.06. The van der Waals surface area contributed by atoms with Gasteiger partial charge < -0.3 is 15.4 Å². The number of amides is 1.